The number of amides is 1. The van der Waals surface area contributed by atoms with Crippen molar-refractivity contribution in [3.63, 3.8) is 0 Å². The second-order valence-electron chi connectivity index (χ2n) is 6.33. The molecule has 0 bridgehead atoms. The molecule has 2 unspecified atom stereocenters. The molecule has 1 aromatic carbocycles. The third-order valence-electron chi connectivity index (χ3n) is 4.55. The summed E-state index contributed by atoms with van der Waals surface area (Å²) >= 11 is 0. The molecule has 1 N–H and O–H groups in total. The van der Waals surface area contributed by atoms with Gasteiger partial charge in [-0.2, -0.15) is 0 Å². The maximum atomic E-state index is 12.8. The lowest BCUT2D eigenvalue weighted by Crippen LogP contribution is -2.49. The van der Waals surface area contributed by atoms with Crippen molar-refractivity contribution in [2.45, 2.75) is 26.4 Å². The summed E-state index contributed by atoms with van der Waals surface area (Å²) in [6.45, 7) is 7.47. The molecule has 2 atom stereocenters. The Morgan fingerprint density at radius 1 is 1.41 bits per heavy atom. The lowest BCUT2D eigenvalue weighted by Gasteiger charge is -2.34. The van der Waals surface area contributed by atoms with Gasteiger partial charge in [0.1, 0.15) is 6.61 Å². The van der Waals surface area contributed by atoms with Gasteiger partial charge in [-0.15, -0.1) is 0 Å². The summed E-state index contributed by atoms with van der Waals surface area (Å²) in [6, 6.07) is 7.66. The van der Waals surface area contributed by atoms with Gasteiger partial charge < -0.3 is 19.7 Å². The number of nitrogens with zero attached hydrogens (tertiary/aromatic N) is 1. The molecule has 2 aliphatic rings. The number of benzene rings is 1. The maximum absolute atomic E-state index is 12.8. The fraction of sp³-hybridized carbons (Fsp3) is 0.588. The van der Waals surface area contributed by atoms with Crippen LogP contribution in [0.1, 0.15) is 20.3 Å². The van der Waals surface area contributed by atoms with Gasteiger partial charge in [0.05, 0.1) is 12.0 Å². The predicted molar refractivity (Wildman–Crippen MR) is 84.2 cm³/mol. The van der Waals surface area contributed by atoms with Gasteiger partial charge in [-0.05, 0) is 38.9 Å². The van der Waals surface area contributed by atoms with E-state index in [0.29, 0.717) is 19.7 Å². The first-order valence-corrected chi connectivity index (χ1v) is 8.01. The van der Waals surface area contributed by atoms with Crippen LogP contribution in [0.5, 0.6) is 11.5 Å². The van der Waals surface area contributed by atoms with Gasteiger partial charge in [-0.25, -0.2) is 0 Å². The van der Waals surface area contributed by atoms with Gasteiger partial charge in [0.2, 0.25) is 5.91 Å². The topological polar surface area (TPSA) is 50.8 Å². The standard InChI is InChI=1S/C17H24N2O3/c1-3-19(16(20)17(2)8-9-18-12-17)10-13-11-21-14-6-4-5-7-15(14)22-13/h4-7,13,18H,3,8-12H2,1-2H3. The average Bonchev–Trinajstić information content (AvgIpc) is 3.00. The number of fused-ring (bicyclic) bond motifs is 1. The van der Waals surface area contributed by atoms with Gasteiger partial charge in [-0.1, -0.05) is 12.1 Å². The Morgan fingerprint density at radius 3 is 2.86 bits per heavy atom. The van der Waals surface area contributed by atoms with Gasteiger partial charge in [0.15, 0.2) is 17.6 Å². The second-order valence-corrected chi connectivity index (χ2v) is 6.33. The maximum Gasteiger partial charge on any atom is 0.229 e. The first-order valence-electron chi connectivity index (χ1n) is 8.01. The molecule has 2 aliphatic heterocycles. The molecule has 120 valence electrons. The smallest absolute Gasteiger partial charge is 0.229 e. The van der Waals surface area contributed by atoms with E-state index < -0.39 is 0 Å². The van der Waals surface area contributed by atoms with Crippen LogP contribution in [0, 0.1) is 5.41 Å². The highest BCUT2D eigenvalue weighted by Crippen LogP contribution is 2.32. The molecule has 0 aliphatic carbocycles. The van der Waals surface area contributed by atoms with Crippen LogP contribution in [0.2, 0.25) is 0 Å². The fourth-order valence-corrected chi connectivity index (χ4v) is 3.14. The minimum absolute atomic E-state index is 0.114. The van der Waals surface area contributed by atoms with Crippen LogP contribution in [0.3, 0.4) is 0 Å². The molecule has 0 aromatic heterocycles. The molecule has 1 saturated heterocycles. The molecule has 3 rings (SSSR count). The van der Waals surface area contributed by atoms with Gasteiger partial charge in [-0.3, -0.25) is 4.79 Å². The summed E-state index contributed by atoms with van der Waals surface area (Å²) in [7, 11) is 0. The minimum atomic E-state index is -0.288. The molecular formula is C17H24N2O3. The van der Waals surface area contributed by atoms with Gasteiger partial charge >= 0.3 is 0 Å². The number of hydrogen-bond acceptors (Lipinski definition) is 4. The molecule has 2 heterocycles. The van der Waals surface area contributed by atoms with Crippen LogP contribution in [0.15, 0.2) is 24.3 Å². The van der Waals surface area contributed by atoms with Crippen molar-refractivity contribution in [3.05, 3.63) is 24.3 Å². The van der Waals surface area contributed by atoms with Crippen molar-refractivity contribution in [1.29, 1.82) is 0 Å². The van der Waals surface area contributed by atoms with E-state index in [1.54, 1.807) is 0 Å². The molecule has 0 saturated carbocycles. The highest BCUT2D eigenvalue weighted by atomic mass is 16.6. The zero-order valence-electron chi connectivity index (χ0n) is 13.3. The van der Waals surface area contributed by atoms with Crippen molar-refractivity contribution in [2.75, 3.05) is 32.8 Å². The van der Waals surface area contributed by atoms with Crippen molar-refractivity contribution in [3.8, 4) is 11.5 Å². The molecule has 1 amide bonds. The van der Waals surface area contributed by atoms with Crippen LogP contribution in [-0.4, -0.2) is 49.7 Å². The normalized spacial score (nSPS) is 26.7. The lowest BCUT2D eigenvalue weighted by atomic mass is 9.88. The molecule has 0 spiro atoms. The van der Waals surface area contributed by atoms with Crippen molar-refractivity contribution < 1.29 is 14.3 Å². The molecule has 1 fully saturated rings. The third-order valence-corrected chi connectivity index (χ3v) is 4.55. The quantitative estimate of drug-likeness (QED) is 0.919. The molecular weight excluding hydrogens is 280 g/mol. The Bertz CT molecular complexity index is 540. The first-order chi connectivity index (χ1) is 10.6. The second kappa shape index (κ2) is 6.16. The summed E-state index contributed by atoms with van der Waals surface area (Å²) in [5.74, 6) is 1.75. The van der Waals surface area contributed by atoms with E-state index in [0.717, 1.165) is 31.0 Å². The largest absolute Gasteiger partial charge is 0.486 e. The minimum Gasteiger partial charge on any atom is -0.486 e. The van der Waals surface area contributed by atoms with Gasteiger partial charge in [0, 0.05) is 13.1 Å². The Hall–Kier alpha value is -1.75. The van der Waals surface area contributed by atoms with E-state index in [2.05, 4.69) is 5.32 Å². The zero-order chi connectivity index (χ0) is 15.6. The lowest BCUT2D eigenvalue weighted by molar-refractivity contribution is -0.141. The molecule has 22 heavy (non-hydrogen) atoms. The highest BCUT2D eigenvalue weighted by molar-refractivity contribution is 5.83. The summed E-state index contributed by atoms with van der Waals surface area (Å²) in [5, 5.41) is 3.29. The molecule has 0 radical (unpaired) electrons. The van der Waals surface area contributed by atoms with Crippen molar-refractivity contribution >= 4 is 5.91 Å². The van der Waals surface area contributed by atoms with E-state index in [-0.39, 0.29) is 17.4 Å². The molecule has 1 aromatic rings. The van der Waals surface area contributed by atoms with Crippen LogP contribution < -0.4 is 14.8 Å². The van der Waals surface area contributed by atoms with Crippen LogP contribution in [-0.2, 0) is 4.79 Å². The van der Waals surface area contributed by atoms with E-state index in [4.69, 9.17) is 9.47 Å². The van der Waals surface area contributed by atoms with Crippen LogP contribution >= 0.6 is 0 Å². The Kier molecular flexibility index (Phi) is 4.25. The van der Waals surface area contributed by atoms with E-state index in [1.807, 2.05) is 43.0 Å². The number of carbonyl (C=O) groups is 1. The third kappa shape index (κ3) is 2.90. The number of nitrogens with one attached hydrogen (secondary N) is 1. The number of carbonyl (C=O) groups excluding carboxylic acids is 1. The number of rotatable bonds is 4. The van der Waals surface area contributed by atoms with Crippen molar-refractivity contribution in [2.24, 2.45) is 5.41 Å². The number of ether oxygens (including phenoxy) is 2. The first kappa shape index (κ1) is 15.2. The van der Waals surface area contributed by atoms with Crippen molar-refractivity contribution in [1.82, 2.24) is 10.2 Å². The van der Waals surface area contributed by atoms with Crippen LogP contribution in [0.25, 0.3) is 0 Å². The van der Waals surface area contributed by atoms with E-state index in [9.17, 15) is 4.79 Å². The summed E-state index contributed by atoms with van der Waals surface area (Å²) in [4.78, 5) is 14.7. The van der Waals surface area contributed by atoms with Gasteiger partial charge in [0.25, 0.3) is 0 Å². The Labute approximate surface area is 131 Å². The highest BCUT2D eigenvalue weighted by Gasteiger charge is 2.39. The summed E-state index contributed by atoms with van der Waals surface area (Å²) in [5.41, 5.74) is -0.288. The number of hydrogen-bond donors (Lipinski definition) is 1. The summed E-state index contributed by atoms with van der Waals surface area (Å²) < 4.78 is 11.7. The Morgan fingerprint density at radius 2 is 2.18 bits per heavy atom. The van der Waals surface area contributed by atoms with Crippen LogP contribution in [0.4, 0.5) is 0 Å². The SMILES string of the molecule is CCN(CC1COc2ccccc2O1)C(=O)C1(C)CCNC1. The zero-order valence-corrected chi connectivity index (χ0v) is 13.3. The molecule has 5 heteroatoms. The fourth-order valence-electron chi connectivity index (χ4n) is 3.14. The monoisotopic (exact) mass is 304 g/mol. The van der Waals surface area contributed by atoms with E-state index in [1.165, 1.54) is 0 Å². The average molecular weight is 304 g/mol. The predicted octanol–water partition coefficient (Wildman–Crippen LogP) is 1.67. The Balaban J connectivity index is 1.65. The number of para-hydroxylation sites is 2. The molecule has 5 nitrogen and oxygen atoms in total. The van der Waals surface area contributed by atoms with E-state index >= 15 is 0 Å². The number of likely N-dealkylation sites (N-methyl/N-ethyl adjacent to an activating group) is 1. The summed E-state index contributed by atoms with van der Waals surface area (Å²) in [6.07, 6.45) is 0.782.